The summed E-state index contributed by atoms with van der Waals surface area (Å²) in [4.78, 5) is 21.6. The van der Waals surface area contributed by atoms with Crippen molar-refractivity contribution >= 4 is 17.6 Å². The van der Waals surface area contributed by atoms with E-state index in [9.17, 15) is 9.70 Å². The van der Waals surface area contributed by atoms with Crippen LogP contribution in [-0.2, 0) is 0 Å². The second-order valence-corrected chi connectivity index (χ2v) is 4.25. The Bertz CT molecular complexity index is 229. The summed E-state index contributed by atoms with van der Waals surface area (Å²) in [6.07, 6.45) is 4.14. The summed E-state index contributed by atoms with van der Waals surface area (Å²) >= 11 is 5.37. The molecule has 1 N–H and O–H groups in total. The molecule has 0 radical (unpaired) electrons. The van der Waals surface area contributed by atoms with E-state index >= 15 is 0 Å². The third kappa shape index (κ3) is 3.66. The first kappa shape index (κ1) is 12.2. The lowest BCUT2D eigenvalue weighted by atomic mass is 9.87. The van der Waals surface area contributed by atoms with Crippen molar-refractivity contribution in [3.05, 3.63) is 4.91 Å². The number of rotatable bonds is 3. The second-order valence-electron chi connectivity index (χ2n) is 4.01. The highest BCUT2D eigenvalue weighted by Crippen LogP contribution is 2.23. The number of nitrogens with zero attached hydrogens (tertiary/aromatic N) is 2. The smallest absolute Gasteiger partial charge is 0.334 e. The molecule has 0 bridgehead atoms. The lowest BCUT2D eigenvalue weighted by Crippen LogP contribution is -2.43. The van der Waals surface area contributed by atoms with Gasteiger partial charge in [-0.15, -0.1) is 16.5 Å². The minimum atomic E-state index is -0.500. The van der Waals surface area contributed by atoms with Crippen LogP contribution in [0.25, 0.3) is 0 Å². The van der Waals surface area contributed by atoms with Crippen LogP contribution in [0, 0.1) is 10.8 Å². The third-order valence-electron chi connectivity index (χ3n) is 2.79. The largest absolute Gasteiger partial charge is 0.341 e. The van der Waals surface area contributed by atoms with Gasteiger partial charge >= 0.3 is 6.03 Å². The Morgan fingerprint density at radius 3 is 2.53 bits per heavy atom. The molecule has 2 amide bonds. The molecule has 1 aliphatic rings. The van der Waals surface area contributed by atoms with Gasteiger partial charge in [0.2, 0.25) is 0 Å². The quantitative estimate of drug-likeness (QED) is 0.352. The maximum absolute atomic E-state index is 11.4. The lowest BCUT2D eigenvalue weighted by Gasteiger charge is -2.27. The van der Waals surface area contributed by atoms with Gasteiger partial charge in [0.1, 0.15) is 6.00 Å². The molecule has 0 aromatic carbocycles. The van der Waals surface area contributed by atoms with Crippen LogP contribution in [0.15, 0.2) is 5.29 Å². The molecule has 15 heavy (non-hydrogen) atoms. The van der Waals surface area contributed by atoms with Gasteiger partial charge in [0.05, 0.1) is 5.29 Å². The standard InChI is InChI=1S/C9H16ClN3O2/c1-7-2-4-8(5-3-7)11-9(14)13(6-10)12-15/h7-8H,2-6H2,1H3,(H,11,14). The number of alkyl halides is 1. The lowest BCUT2D eigenvalue weighted by molar-refractivity contribution is 0.196. The van der Waals surface area contributed by atoms with Crippen molar-refractivity contribution < 1.29 is 4.79 Å². The molecule has 1 aliphatic carbocycles. The van der Waals surface area contributed by atoms with Gasteiger partial charge in [-0.2, -0.15) is 5.01 Å². The molecule has 5 nitrogen and oxygen atoms in total. The molecule has 86 valence electrons. The van der Waals surface area contributed by atoms with Crippen LogP contribution in [-0.4, -0.2) is 23.1 Å². The van der Waals surface area contributed by atoms with E-state index in [4.69, 9.17) is 11.6 Å². The minimum absolute atomic E-state index is 0.154. The average molecular weight is 234 g/mol. The molecule has 0 spiro atoms. The number of nitrogens with one attached hydrogen (secondary N) is 1. The van der Waals surface area contributed by atoms with E-state index in [1.807, 2.05) is 0 Å². The number of urea groups is 1. The first-order valence-corrected chi connectivity index (χ1v) is 5.68. The highest BCUT2D eigenvalue weighted by Gasteiger charge is 2.22. The molecule has 0 saturated heterocycles. The zero-order chi connectivity index (χ0) is 11.3. The summed E-state index contributed by atoms with van der Waals surface area (Å²) in [5.41, 5.74) is 0. The van der Waals surface area contributed by atoms with Gasteiger partial charge in [0.25, 0.3) is 0 Å². The summed E-state index contributed by atoms with van der Waals surface area (Å²) in [6.45, 7) is 2.20. The van der Waals surface area contributed by atoms with Crippen molar-refractivity contribution in [3.63, 3.8) is 0 Å². The Hall–Kier alpha value is -0.840. The zero-order valence-electron chi connectivity index (χ0n) is 8.78. The maximum atomic E-state index is 11.4. The summed E-state index contributed by atoms with van der Waals surface area (Å²) < 4.78 is 0. The molecule has 0 atom stereocenters. The van der Waals surface area contributed by atoms with E-state index < -0.39 is 6.03 Å². The van der Waals surface area contributed by atoms with E-state index in [2.05, 4.69) is 17.5 Å². The topological polar surface area (TPSA) is 61.8 Å². The van der Waals surface area contributed by atoms with E-state index in [1.165, 1.54) is 0 Å². The van der Waals surface area contributed by atoms with E-state index in [0.717, 1.165) is 31.6 Å². The fraction of sp³-hybridized carbons (Fsp3) is 0.889. The van der Waals surface area contributed by atoms with E-state index in [1.54, 1.807) is 0 Å². The first-order chi connectivity index (χ1) is 7.17. The molecule has 1 saturated carbocycles. The predicted octanol–water partition coefficient (Wildman–Crippen LogP) is 2.45. The highest BCUT2D eigenvalue weighted by atomic mass is 35.5. The van der Waals surface area contributed by atoms with Gasteiger partial charge in [0, 0.05) is 6.04 Å². The van der Waals surface area contributed by atoms with Gasteiger partial charge in [-0.25, -0.2) is 4.79 Å². The number of amides is 2. The number of carbonyl (C=O) groups is 1. The van der Waals surface area contributed by atoms with Crippen molar-refractivity contribution in [1.29, 1.82) is 0 Å². The first-order valence-electron chi connectivity index (χ1n) is 5.14. The zero-order valence-corrected chi connectivity index (χ0v) is 9.54. The normalized spacial score (nSPS) is 25.7. The van der Waals surface area contributed by atoms with Crippen LogP contribution in [0.4, 0.5) is 4.79 Å². The number of carbonyl (C=O) groups excluding carboxylic acids is 1. The van der Waals surface area contributed by atoms with Crippen LogP contribution >= 0.6 is 11.6 Å². The molecule has 6 heteroatoms. The Morgan fingerprint density at radius 2 is 2.07 bits per heavy atom. The van der Waals surface area contributed by atoms with Crippen molar-refractivity contribution in [3.8, 4) is 0 Å². The Kier molecular flexibility index (Phi) is 4.81. The van der Waals surface area contributed by atoms with Gasteiger partial charge in [-0.1, -0.05) is 6.92 Å². The number of nitroso groups, excluding NO2 is 1. The molecule has 0 heterocycles. The molecular formula is C9H16ClN3O2. The number of hydrogen-bond acceptors (Lipinski definition) is 3. The SMILES string of the molecule is CC1CCC(NC(=O)N(CCl)N=O)CC1. The fourth-order valence-corrected chi connectivity index (χ4v) is 1.92. The molecular weight excluding hydrogens is 218 g/mol. The Morgan fingerprint density at radius 1 is 1.47 bits per heavy atom. The van der Waals surface area contributed by atoms with Gasteiger partial charge in [-0.05, 0) is 31.6 Å². The summed E-state index contributed by atoms with van der Waals surface area (Å²) in [7, 11) is 0. The Balaban J connectivity index is 2.34. The van der Waals surface area contributed by atoms with E-state index in [-0.39, 0.29) is 12.0 Å². The molecule has 0 aromatic heterocycles. The number of hydrogen-bond donors (Lipinski definition) is 1. The molecule has 0 aromatic rings. The molecule has 1 rings (SSSR count). The molecule has 1 fully saturated rings. The second kappa shape index (κ2) is 5.90. The number of halogens is 1. The highest BCUT2D eigenvalue weighted by molar-refractivity contribution is 6.18. The summed E-state index contributed by atoms with van der Waals surface area (Å²) in [6, 6.07) is -0.556. The van der Waals surface area contributed by atoms with Crippen molar-refractivity contribution in [2.45, 2.75) is 38.6 Å². The van der Waals surface area contributed by atoms with Crippen LogP contribution in [0.1, 0.15) is 32.6 Å². The van der Waals surface area contributed by atoms with Crippen LogP contribution in [0.2, 0.25) is 0 Å². The summed E-state index contributed by atoms with van der Waals surface area (Å²) in [5.74, 6) is 0.728. The fourth-order valence-electron chi connectivity index (χ4n) is 1.77. The summed E-state index contributed by atoms with van der Waals surface area (Å²) in [5, 5.41) is 5.96. The average Bonchev–Trinajstić information content (AvgIpc) is 2.23. The minimum Gasteiger partial charge on any atom is -0.334 e. The van der Waals surface area contributed by atoms with Gasteiger partial charge in [-0.3, -0.25) is 0 Å². The van der Waals surface area contributed by atoms with Crippen LogP contribution < -0.4 is 5.32 Å². The van der Waals surface area contributed by atoms with Crippen molar-refractivity contribution in [2.24, 2.45) is 11.2 Å². The maximum Gasteiger partial charge on any atom is 0.341 e. The van der Waals surface area contributed by atoms with Crippen LogP contribution in [0.5, 0.6) is 0 Å². The third-order valence-corrected chi connectivity index (χ3v) is 3.02. The van der Waals surface area contributed by atoms with Gasteiger partial charge < -0.3 is 5.32 Å². The van der Waals surface area contributed by atoms with Crippen molar-refractivity contribution in [1.82, 2.24) is 10.3 Å². The van der Waals surface area contributed by atoms with E-state index in [0.29, 0.717) is 5.01 Å². The monoisotopic (exact) mass is 233 g/mol. The Labute approximate surface area is 94.1 Å². The molecule has 0 aliphatic heterocycles. The van der Waals surface area contributed by atoms with Crippen LogP contribution in [0.3, 0.4) is 0 Å². The van der Waals surface area contributed by atoms with Gasteiger partial charge in [0.15, 0.2) is 0 Å². The molecule has 0 unspecified atom stereocenters. The predicted molar refractivity (Wildman–Crippen MR) is 58.3 cm³/mol. The van der Waals surface area contributed by atoms with Crippen molar-refractivity contribution in [2.75, 3.05) is 6.00 Å².